The van der Waals surface area contributed by atoms with E-state index in [1.807, 2.05) is 0 Å². The molecule has 1 aliphatic heterocycles. The van der Waals surface area contributed by atoms with Crippen molar-refractivity contribution in [2.24, 2.45) is 17.6 Å². The predicted octanol–water partition coefficient (Wildman–Crippen LogP) is 2.31. The van der Waals surface area contributed by atoms with Crippen molar-refractivity contribution in [1.29, 1.82) is 0 Å². The maximum Gasteiger partial charge on any atom is 0.226 e. The minimum atomic E-state index is 0.178. The summed E-state index contributed by atoms with van der Waals surface area (Å²) in [6.07, 6.45) is 10.8. The van der Waals surface area contributed by atoms with Gasteiger partial charge in [0.1, 0.15) is 0 Å². The molecule has 1 heterocycles. The first-order valence-electron chi connectivity index (χ1n) is 8.91. The summed E-state index contributed by atoms with van der Waals surface area (Å²) in [5.74, 6) is 0.966. The molecule has 1 amide bonds. The highest BCUT2D eigenvalue weighted by Gasteiger charge is 2.38. The maximum atomic E-state index is 13.1. The van der Waals surface area contributed by atoms with Crippen molar-refractivity contribution in [2.75, 3.05) is 19.7 Å². The Bertz CT molecular complexity index is 349. The average Bonchev–Trinajstić information content (AvgIpc) is 3.25. The Balaban J connectivity index is 1.68. The highest BCUT2D eigenvalue weighted by molar-refractivity contribution is 5.80. The molecule has 3 atom stereocenters. The number of hydrogen-bond donors (Lipinski definition) is 1. The topological polar surface area (TPSA) is 55.6 Å². The molecule has 21 heavy (non-hydrogen) atoms. The summed E-state index contributed by atoms with van der Waals surface area (Å²) in [6.45, 7) is 2.35. The van der Waals surface area contributed by atoms with E-state index < -0.39 is 0 Å². The molecule has 4 heteroatoms. The van der Waals surface area contributed by atoms with E-state index in [0.29, 0.717) is 24.4 Å². The molecule has 3 aliphatic rings. The third kappa shape index (κ3) is 3.42. The van der Waals surface area contributed by atoms with Gasteiger partial charge >= 0.3 is 0 Å². The Morgan fingerprint density at radius 3 is 2.52 bits per heavy atom. The molecule has 0 aromatic rings. The maximum absolute atomic E-state index is 13.1. The van der Waals surface area contributed by atoms with Crippen LogP contribution in [-0.4, -0.2) is 42.6 Å². The van der Waals surface area contributed by atoms with Crippen LogP contribution in [-0.2, 0) is 9.53 Å². The van der Waals surface area contributed by atoms with Crippen LogP contribution < -0.4 is 5.73 Å². The molecule has 0 radical (unpaired) electrons. The van der Waals surface area contributed by atoms with Gasteiger partial charge in [0.15, 0.2) is 0 Å². The highest BCUT2D eigenvalue weighted by atomic mass is 16.5. The number of amides is 1. The molecule has 3 fully saturated rings. The van der Waals surface area contributed by atoms with Crippen molar-refractivity contribution in [3.05, 3.63) is 0 Å². The van der Waals surface area contributed by atoms with Gasteiger partial charge in [-0.15, -0.1) is 0 Å². The van der Waals surface area contributed by atoms with E-state index >= 15 is 0 Å². The molecule has 3 rings (SSSR count). The van der Waals surface area contributed by atoms with Gasteiger partial charge in [0.2, 0.25) is 5.91 Å². The van der Waals surface area contributed by atoms with Gasteiger partial charge < -0.3 is 15.4 Å². The zero-order chi connectivity index (χ0) is 14.7. The minimum Gasteiger partial charge on any atom is -0.376 e. The van der Waals surface area contributed by atoms with Gasteiger partial charge in [-0.05, 0) is 51.0 Å². The molecule has 1 unspecified atom stereocenters. The zero-order valence-corrected chi connectivity index (χ0v) is 13.1. The zero-order valence-electron chi connectivity index (χ0n) is 13.1. The lowest BCUT2D eigenvalue weighted by Crippen LogP contribution is -2.47. The molecule has 2 saturated carbocycles. The van der Waals surface area contributed by atoms with Gasteiger partial charge in [0, 0.05) is 25.1 Å². The van der Waals surface area contributed by atoms with Crippen LogP contribution in [0.4, 0.5) is 0 Å². The van der Waals surface area contributed by atoms with Crippen molar-refractivity contribution in [3.63, 3.8) is 0 Å². The Hall–Kier alpha value is -0.610. The Morgan fingerprint density at radius 1 is 1.05 bits per heavy atom. The lowest BCUT2D eigenvalue weighted by atomic mass is 9.93. The molecule has 0 aromatic carbocycles. The van der Waals surface area contributed by atoms with Crippen LogP contribution in [0.1, 0.15) is 57.8 Å². The van der Waals surface area contributed by atoms with Gasteiger partial charge in [-0.25, -0.2) is 0 Å². The second kappa shape index (κ2) is 7.10. The van der Waals surface area contributed by atoms with Crippen LogP contribution in [0.25, 0.3) is 0 Å². The SMILES string of the molecule is NC[C@H]1CCC[C@H]1C(=O)N(CC1CCCO1)C1CCCC1. The number of carbonyl (C=O) groups is 1. The fourth-order valence-corrected chi connectivity index (χ4v) is 4.50. The number of nitrogens with two attached hydrogens (primary N) is 1. The van der Waals surface area contributed by atoms with E-state index in [-0.39, 0.29) is 12.0 Å². The normalized spacial score (nSPS) is 33.7. The predicted molar refractivity (Wildman–Crippen MR) is 82.8 cm³/mol. The first-order valence-corrected chi connectivity index (χ1v) is 8.91. The van der Waals surface area contributed by atoms with Crippen molar-refractivity contribution >= 4 is 5.91 Å². The minimum absolute atomic E-state index is 0.178. The van der Waals surface area contributed by atoms with Crippen LogP contribution in [0.15, 0.2) is 0 Å². The van der Waals surface area contributed by atoms with E-state index in [1.54, 1.807) is 0 Å². The molecule has 0 aromatic heterocycles. The summed E-state index contributed by atoms with van der Waals surface area (Å²) in [5, 5.41) is 0. The number of rotatable bonds is 5. The highest BCUT2D eigenvalue weighted by Crippen LogP contribution is 2.35. The largest absolute Gasteiger partial charge is 0.376 e. The average molecular weight is 294 g/mol. The number of carbonyl (C=O) groups excluding carboxylic acids is 1. The van der Waals surface area contributed by atoms with Gasteiger partial charge in [-0.2, -0.15) is 0 Å². The lowest BCUT2D eigenvalue weighted by molar-refractivity contribution is -0.140. The van der Waals surface area contributed by atoms with Gasteiger partial charge in [0.25, 0.3) is 0 Å². The standard InChI is InChI=1S/C17H30N2O2/c18-11-13-5-3-9-16(13)17(20)19(14-6-1-2-7-14)12-15-8-4-10-21-15/h13-16H,1-12,18H2/t13-,15?,16-/m1/s1. The van der Waals surface area contributed by atoms with E-state index in [4.69, 9.17) is 10.5 Å². The van der Waals surface area contributed by atoms with E-state index in [9.17, 15) is 4.79 Å². The number of ether oxygens (including phenoxy) is 1. The smallest absolute Gasteiger partial charge is 0.226 e. The second-order valence-electron chi connectivity index (χ2n) is 7.10. The molecule has 0 bridgehead atoms. The molecule has 1 saturated heterocycles. The molecule has 120 valence electrons. The molecular formula is C17H30N2O2. The summed E-state index contributed by atoms with van der Waals surface area (Å²) >= 11 is 0. The van der Waals surface area contributed by atoms with Crippen molar-refractivity contribution in [2.45, 2.75) is 69.9 Å². The fraction of sp³-hybridized carbons (Fsp3) is 0.941. The lowest BCUT2D eigenvalue weighted by Gasteiger charge is -2.34. The molecule has 4 nitrogen and oxygen atoms in total. The van der Waals surface area contributed by atoms with E-state index in [1.165, 1.54) is 25.7 Å². The Labute approximate surface area is 128 Å². The monoisotopic (exact) mass is 294 g/mol. The fourth-order valence-electron chi connectivity index (χ4n) is 4.50. The van der Waals surface area contributed by atoms with Gasteiger partial charge in [-0.3, -0.25) is 4.79 Å². The molecule has 2 N–H and O–H groups in total. The van der Waals surface area contributed by atoms with Crippen LogP contribution in [0.3, 0.4) is 0 Å². The third-order valence-electron chi connectivity index (χ3n) is 5.75. The molecule has 2 aliphatic carbocycles. The van der Waals surface area contributed by atoms with Crippen molar-refractivity contribution < 1.29 is 9.53 Å². The summed E-state index contributed by atoms with van der Waals surface area (Å²) in [6, 6.07) is 0.459. The van der Waals surface area contributed by atoms with E-state index in [2.05, 4.69) is 4.90 Å². The Morgan fingerprint density at radius 2 is 1.86 bits per heavy atom. The van der Waals surface area contributed by atoms with Crippen LogP contribution in [0.2, 0.25) is 0 Å². The third-order valence-corrected chi connectivity index (χ3v) is 5.75. The van der Waals surface area contributed by atoms with Gasteiger partial charge in [-0.1, -0.05) is 19.3 Å². The summed E-state index contributed by atoms with van der Waals surface area (Å²) < 4.78 is 5.79. The van der Waals surface area contributed by atoms with Crippen LogP contribution in [0, 0.1) is 11.8 Å². The van der Waals surface area contributed by atoms with Crippen molar-refractivity contribution in [1.82, 2.24) is 4.90 Å². The molecular weight excluding hydrogens is 264 g/mol. The number of hydrogen-bond acceptors (Lipinski definition) is 3. The van der Waals surface area contributed by atoms with Gasteiger partial charge in [0.05, 0.1) is 6.10 Å². The first kappa shape index (κ1) is 15.3. The second-order valence-corrected chi connectivity index (χ2v) is 7.10. The summed E-state index contributed by atoms with van der Waals surface area (Å²) in [4.78, 5) is 15.3. The number of nitrogens with zero attached hydrogens (tertiary/aromatic N) is 1. The summed E-state index contributed by atoms with van der Waals surface area (Å²) in [5.41, 5.74) is 5.88. The van der Waals surface area contributed by atoms with Crippen molar-refractivity contribution in [3.8, 4) is 0 Å². The Kier molecular flexibility index (Phi) is 5.17. The van der Waals surface area contributed by atoms with E-state index in [0.717, 1.165) is 45.3 Å². The summed E-state index contributed by atoms with van der Waals surface area (Å²) in [7, 11) is 0. The quantitative estimate of drug-likeness (QED) is 0.846. The first-order chi connectivity index (χ1) is 10.3. The van der Waals surface area contributed by atoms with Crippen LogP contribution >= 0.6 is 0 Å². The van der Waals surface area contributed by atoms with Crippen LogP contribution in [0.5, 0.6) is 0 Å². The molecule has 0 spiro atoms.